The molecule has 0 aliphatic heterocycles. The molecule has 0 atom stereocenters. The first-order valence-electron chi connectivity index (χ1n) is 7.07. The van der Waals surface area contributed by atoms with E-state index in [4.69, 9.17) is 0 Å². The van der Waals surface area contributed by atoms with Crippen molar-refractivity contribution in [2.75, 3.05) is 0 Å². The van der Waals surface area contributed by atoms with Crippen molar-refractivity contribution in [3.63, 3.8) is 0 Å². The summed E-state index contributed by atoms with van der Waals surface area (Å²) in [6, 6.07) is 13.9. The summed E-state index contributed by atoms with van der Waals surface area (Å²) in [6.45, 7) is 4.31. The van der Waals surface area contributed by atoms with Gasteiger partial charge in [-0.15, -0.1) is 5.10 Å². The molecule has 0 bridgehead atoms. The Labute approximate surface area is 128 Å². The number of pyridine rings is 1. The first-order chi connectivity index (χ1) is 10.7. The minimum absolute atomic E-state index is 0.305. The Morgan fingerprint density at radius 3 is 2.32 bits per heavy atom. The molecular weight excluding hydrogens is 274 g/mol. The molecule has 1 aromatic carbocycles. The molecule has 0 saturated carbocycles. The Morgan fingerprint density at radius 2 is 1.73 bits per heavy atom. The molecule has 2 aromatic heterocycles. The van der Waals surface area contributed by atoms with Crippen LogP contribution in [0.2, 0.25) is 0 Å². The van der Waals surface area contributed by atoms with Crippen LogP contribution in [0.15, 0.2) is 48.8 Å². The van der Waals surface area contributed by atoms with Crippen LogP contribution < -0.4 is 0 Å². The molecule has 22 heavy (non-hydrogen) atoms. The van der Waals surface area contributed by atoms with Crippen LogP contribution in [0.3, 0.4) is 0 Å². The molecule has 0 spiro atoms. The first-order valence-corrected chi connectivity index (χ1v) is 7.07. The number of hydrogen-bond acceptors (Lipinski definition) is 4. The molecule has 2 heterocycles. The molecule has 0 unspecified atom stereocenters. The molecule has 3 aromatic rings. The van der Waals surface area contributed by atoms with E-state index in [1.54, 1.807) is 17.1 Å². The lowest BCUT2D eigenvalue weighted by atomic mass is 10.0. The monoisotopic (exact) mass is 289 g/mol. The minimum atomic E-state index is 0.305. The Balaban J connectivity index is 2.12. The summed E-state index contributed by atoms with van der Waals surface area (Å²) in [6.07, 6.45) is 3.38. The third-order valence-electron chi connectivity index (χ3n) is 3.53. The molecule has 5 heteroatoms. The van der Waals surface area contributed by atoms with Crippen LogP contribution in [0.1, 0.15) is 31.0 Å². The largest absolute Gasteiger partial charge is 0.265 e. The van der Waals surface area contributed by atoms with Gasteiger partial charge in [0.15, 0.2) is 5.69 Å². The number of benzene rings is 1. The van der Waals surface area contributed by atoms with E-state index in [2.05, 4.69) is 47.3 Å². The second-order valence-corrected chi connectivity index (χ2v) is 5.29. The van der Waals surface area contributed by atoms with Gasteiger partial charge in [-0.05, 0) is 35.7 Å². The van der Waals surface area contributed by atoms with E-state index in [0.29, 0.717) is 17.3 Å². The molecule has 5 nitrogen and oxygen atoms in total. The van der Waals surface area contributed by atoms with Gasteiger partial charge in [0.25, 0.3) is 0 Å². The van der Waals surface area contributed by atoms with Crippen LogP contribution in [-0.2, 0) is 0 Å². The van der Waals surface area contributed by atoms with E-state index in [9.17, 15) is 5.26 Å². The predicted molar refractivity (Wildman–Crippen MR) is 83.4 cm³/mol. The number of aromatic nitrogens is 4. The molecule has 0 amide bonds. The molecule has 108 valence electrons. The van der Waals surface area contributed by atoms with Crippen LogP contribution in [0.5, 0.6) is 0 Å². The predicted octanol–water partition coefficient (Wildman–Crippen LogP) is 3.32. The molecule has 0 fully saturated rings. The fraction of sp³-hybridized carbons (Fsp3) is 0.176. The number of nitrogens with zero attached hydrogens (tertiary/aromatic N) is 5. The van der Waals surface area contributed by atoms with Crippen LogP contribution in [-0.4, -0.2) is 20.0 Å². The Hall–Kier alpha value is -3.00. The lowest BCUT2D eigenvalue weighted by Gasteiger charge is -2.09. The van der Waals surface area contributed by atoms with Crippen molar-refractivity contribution in [1.29, 1.82) is 5.26 Å². The topological polar surface area (TPSA) is 67.4 Å². The SMILES string of the molecule is CC(C)c1ccc(-n2nnc(C#N)c2-c2ccncc2)cc1. The smallest absolute Gasteiger partial charge is 0.191 e. The van der Waals surface area contributed by atoms with Crippen LogP contribution >= 0.6 is 0 Å². The quantitative estimate of drug-likeness (QED) is 0.741. The maximum Gasteiger partial charge on any atom is 0.191 e. The van der Waals surface area contributed by atoms with E-state index >= 15 is 0 Å². The second-order valence-electron chi connectivity index (χ2n) is 5.29. The number of rotatable bonds is 3. The molecule has 0 N–H and O–H groups in total. The molecule has 3 rings (SSSR count). The highest BCUT2D eigenvalue weighted by Crippen LogP contribution is 2.25. The zero-order valence-electron chi connectivity index (χ0n) is 12.4. The maximum absolute atomic E-state index is 9.28. The molecule has 0 radical (unpaired) electrons. The van der Waals surface area contributed by atoms with Crippen molar-refractivity contribution in [3.8, 4) is 23.0 Å². The van der Waals surface area contributed by atoms with Crippen LogP contribution in [0, 0.1) is 11.3 Å². The third kappa shape index (κ3) is 2.47. The molecule has 0 saturated heterocycles. The molecule has 0 aliphatic carbocycles. The summed E-state index contributed by atoms with van der Waals surface area (Å²) in [5.41, 5.74) is 3.99. The summed E-state index contributed by atoms with van der Waals surface area (Å²) in [4.78, 5) is 4.01. The lowest BCUT2D eigenvalue weighted by molar-refractivity contribution is 0.803. The minimum Gasteiger partial charge on any atom is -0.265 e. The van der Waals surface area contributed by atoms with Gasteiger partial charge in [-0.3, -0.25) is 4.98 Å². The van der Waals surface area contributed by atoms with Gasteiger partial charge in [-0.2, -0.15) is 5.26 Å². The van der Waals surface area contributed by atoms with Crippen LogP contribution in [0.4, 0.5) is 0 Å². The Bertz CT molecular complexity index is 811. The van der Waals surface area contributed by atoms with Crippen molar-refractivity contribution >= 4 is 0 Å². The second kappa shape index (κ2) is 5.78. The van der Waals surface area contributed by atoms with E-state index in [-0.39, 0.29) is 0 Å². The van der Waals surface area contributed by atoms with Crippen LogP contribution in [0.25, 0.3) is 16.9 Å². The Kier molecular flexibility index (Phi) is 3.67. The Morgan fingerprint density at radius 1 is 1.05 bits per heavy atom. The van der Waals surface area contributed by atoms with Gasteiger partial charge in [-0.1, -0.05) is 31.2 Å². The fourth-order valence-corrected chi connectivity index (χ4v) is 2.31. The highest BCUT2D eigenvalue weighted by molar-refractivity contribution is 5.66. The van der Waals surface area contributed by atoms with Gasteiger partial charge in [0, 0.05) is 18.0 Å². The molecular formula is C17H15N5. The summed E-state index contributed by atoms with van der Waals surface area (Å²) in [5, 5.41) is 17.4. The van der Waals surface area contributed by atoms with Crippen molar-refractivity contribution < 1.29 is 0 Å². The van der Waals surface area contributed by atoms with Crippen molar-refractivity contribution in [2.24, 2.45) is 0 Å². The van der Waals surface area contributed by atoms with Gasteiger partial charge in [-0.25, -0.2) is 4.68 Å². The lowest BCUT2D eigenvalue weighted by Crippen LogP contribution is -2.00. The third-order valence-corrected chi connectivity index (χ3v) is 3.53. The zero-order chi connectivity index (χ0) is 15.5. The summed E-state index contributed by atoms with van der Waals surface area (Å²) >= 11 is 0. The van der Waals surface area contributed by atoms with Gasteiger partial charge < -0.3 is 0 Å². The van der Waals surface area contributed by atoms with Gasteiger partial charge in [0.1, 0.15) is 11.8 Å². The number of hydrogen-bond donors (Lipinski definition) is 0. The normalized spacial score (nSPS) is 10.6. The number of nitriles is 1. The van der Waals surface area contributed by atoms with Crippen molar-refractivity contribution in [2.45, 2.75) is 19.8 Å². The average molecular weight is 289 g/mol. The van der Waals surface area contributed by atoms with E-state index < -0.39 is 0 Å². The highest BCUT2D eigenvalue weighted by atomic mass is 15.4. The van der Waals surface area contributed by atoms with E-state index in [1.807, 2.05) is 24.3 Å². The average Bonchev–Trinajstić information content (AvgIpc) is 2.99. The van der Waals surface area contributed by atoms with E-state index in [0.717, 1.165) is 11.3 Å². The first kappa shape index (κ1) is 14.0. The fourth-order valence-electron chi connectivity index (χ4n) is 2.31. The summed E-state index contributed by atoms with van der Waals surface area (Å²) in [7, 11) is 0. The summed E-state index contributed by atoms with van der Waals surface area (Å²) < 4.78 is 1.69. The molecule has 0 aliphatic rings. The zero-order valence-corrected chi connectivity index (χ0v) is 12.4. The highest BCUT2D eigenvalue weighted by Gasteiger charge is 2.16. The van der Waals surface area contributed by atoms with Gasteiger partial charge in [0.2, 0.25) is 0 Å². The van der Waals surface area contributed by atoms with Gasteiger partial charge in [0.05, 0.1) is 5.69 Å². The van der Waals surface area contributed by atoms with Crippen molar-refractivity contribution in [3.05, 3.63) is 60.0 Å². The summed E-state index contributed by atoms with van der Waals surface area (Å²) in [5.74, 6) is 0.471. The standard InChI is InChI=1S/C17H15N5/c1-12(2)13-3-5-15(6-4-13)22-17(16(11-18)20-21-22)14-7-9-19-10-8-14/h3-10,12H,1-2H3. The van der Waals surface area contributed by atoms with E-state index in [1.165, 1.54) is 5.56 Å². The van der Waals surface area contributed by atoms with Crippen molar-refractivity contribution in [1.82, 2.24) is 20.0 Å². The van der Waals surface area contributed by atoms with Gasteiger partial charge >= 0.3 is 0 Å². The maximum atomic E-state index is 9.28.